The van der Waals surface area contributed by atoms with Crippen LogP contribution in [0.15, 0.2) is 29.6 Å². The first kappa shape index (κ1) is 21.6. The second-order valence-electron chi connectivity index (χ2n) is 7.38. The fraction of sp³-hybridized carbons (Fsp3) is 0.261. The molecule has 8 nitrogen and oxygen atoms in total. The van der Waals surface area contributed by atoms with Gasteiger partial charge in [0.25, 0.3) is 0 Å². The van der Waals surface area contributed by atoms with E-state index < -0.39 is 0 Å². The first-order chi connectivity index (χ1) is 15.4. The summed E-state index contributed by atoms with van der Waals surface area (Å²) in [6.07, 6.45) is 0. The first-order valence-corrected chi connectivity index (χ1v) is 11.0. The zero-order valence-electron chi connectivity index (χ0n) is 18.5. The average molecular weight is 446 g/mol. The zero-order valence-corrected chi connectivity index (χ0v) is 19.3. The molecule has 0 aliphatic carbocycles. The largest absolute Gasteiger partial charge is 0.309 e. The number of hydrogen-bond acceptors (Lipinski definition) is 7. The normalized spacial score (nSPS) is 11.8. The number of likely N-dealkylation sites (N-methyl/N-ethyl adjacent to an activating group) is 1. The Kier molecular flexibility index (Phi) is 5.99. The number of rotatable bonds is 4. The molecule has 9 heteroatoms. The number of hydrogen-bond donors (Lipinski definition) is 2. The van der Waals surface area contributed by atoms with Crippen LogP contribution in [0.25, 0.3) is 22.3 Å². The quantitative estimate of drug-likeness (QED) is 0.469. The number of pyridine rings is 1. The smallest absolute Gasteiger partial charge is 0.242 e. The van der Waals surface area contributed by atoms with Gasteiger partial charge in [-0.25, -0.2) is 15.0 Å². The summed E-state index contributed by atoms with van der Waals surface area (Å²) in [5.74, 6) is 7.09. The van der Waals surface area contributed by atoms with Crippen LogP contribution in [-0.2, 0) is 11.8 Å². The lowest BCUT2D eigenvalue weighted by molar-refractivity contribution is -0.117. The van der Waals surface area contributed by atoms with Crippen LogP contribution in [0.1, 0.15) is 29.0 Å². The number of aromatic nitrogens is 5. The molecule has 32 heavy (non-hydrogen) atoms. The molecular weight excluding hydrogens is 422 g/mol. The molecule has 1 unspecified atom stereocenters. The Morgan fingerprint density at radius 2 is 2.00 bits per heavy atom. The number of carbonyl (C=O) groups excluding carboxylic acids is 1. The number of anilines is 1. The monoisotopic (exact) mass is 445 g/mol. The number of thiophene rings is 1. The Morgan fingerprint density at radius 3 is 2.72 bits per heavy atom. The molecule has 0 saturated heterocycles. The molecule has 4 aromatic rings. The van der Waals surface area contributed by atoms with E-state index in [1.807, 2.05) is 50.5 Å². The Morgan fingerprint density at radius 1 is 1.19 bits per heavy atom. The maximum Gasteiger partial charge on any atom is 0.242 e. The second-order valence-corrected chi connectivity index (χ2v) is 8.33. The highest BCUT2D eigenvalue weighted by atomic mass is 32.1. The lowest BCUT2D eigenvalue weighted by Gasteiger charge is -2.12. The van der Waals surface area contributed by atoms with Crippen molar-refractivity contribution in [3.05, 3.63) is 51.7 Å². The summed E-state index contributed by atoms with van der Waals surface area (Å²) in [7, 11) is 3.61. The van der Waals surface area contributed by atoms with E-state index in [9.17, 15) is 4.79 Å². The molecule has 0 aliphatic heterocycles. The summed E-state index contributed by atoms with van der Waals surface area (Å²) in [6, 6.07) is 7.23. The highest BCUT2D eigenvalue weighted by Crippen LogP contribution is 2.30. The Hall–Kier alpha value is -3.61. The predicted molar refractivity (Wildman–Crippen MR) is 126 cm³/mol. The van der Waals surface area contributed by atoms with E-state index in [1.165, 1.54) is 0 Å². The van der Waals surface area contributed by atoms with E-state index in [1.54, 1.807) is 30.0 Å². The van der Waals surface area contributed by atoms with Gasteiger partial charge in [-0.2, -0.15) is 5.10 Å². The minimum atomic E-state index is -0.366. The fourth-order valence-electron chi connectivity index (χ4n) is 3.19. The molecule has 0 spiro atoms. The summed E-state index contributed by atoms with van der Waals surface area (Å²) < 4.78 is 1.79. The van der Waals surface area contributed by atoms with Gasteiger partial charge in [-0.15, -0.1) is 11.3 Å². The van der Waals surface area contributed by atoms with Crippen molar-refractivity contribution in [1.82, 2.24) is 30.0 Å². The molecule has 4 rings (SSSR count). The van der Waals surface area contributed by atoms with Crippen LogP contribution < -0.4 is 10.6 Å². The van der Waals surface area contributed by atoms with Crippen molar-refractivity contribution >= 4 is 34.1 Å². The van der Waals surface area contributed by atoms with Gasteiger partial charge in [0.1, 0.15) is 17.3 Å². The van der Waals surface area contributed by atoms with Crippen LogP contribution in [0.4, 0.5) is 5.82 Å². The fourth-order valence-corrected chi connectivity index (χ4v) is 3.76. The van der Waals surface area contributed by atoms with Crippen LogP contribution >= 0.6 is 11.3 Å². The molecule has 0 bridgehead atoms. The van der Waals surface area contributed by atoms with Gasteiger partial charge in [-0.3, -0.25) is 9.48 Å². The number of nitrogens with one attached hydrogen (secondary N) is 2. The topological polar surface area (TPSA) is 97.6 Å². The van der Waals surface area contributed by atoms with Crippen molar-refractivity contribution in [3.63, 3.8) is 0 Å². The Balaban J connectivity index is 1.88. The standard InChI is InChI=1S/C23H23N7OS/c1-13(24-4)23(31)28-19-12-16(11-17(27-19)8-9-18-7-6-10-32-18)21-20-14(2)30(5)29-22(20)26-15(3)25-21/h6-7,10-13,24H,1-5H3,(H,27,28,31). The van der Waals surface area contributed by atoms with Crippen LogP contribution in [0.2, 0.25) is 0 Å². The molecule has 0 radical (unpaired) electrons. The van der Waals surface area contributed by atoms with Gasteiger partial charge in [0, 0.05) is 18.3 Å². The van der Waals surface area contributed by atoms with E-state index in [-0.39, 0.29) is 11.9 Å². The number of amides is 1. The molecule has 4 aromatic heterocycles. The van der Waals surface area contributed by atoms with Crippen LogP contribution in [0.5, 0.6) is 0 Å². The number of fused-ring (bicyclic) bond motifs is 1. The minimum Gasteiger partial charge on any atom is -0.309 e. The average Bonchev–Trinajstić information content (AvgIpc) is 3.39. The molecule has 4 heterocycles. The van der Waals surface area contributed by atoms with Crippen molar-refractivity contribution in [2.75, 3.05) is 12.4 Å². The van der Waals surface area contributed by atoms with Crippen LogP contribution in [-0.4, -0.2) is 43.7 Å². The van der Waals surface area contributed by atoms with Crippen LogP contribution in [0, 0.1) is 25.7 Å². The van der Waals surface area contributed by atoms with Crippen molar-refractivity contribution < 1.29 is 4.79 Å². The van der Waals surface area contributed by atoms with Gasteiger partial charge in [0.15, 0.2) is 5.65 Å². The zero-order chi connectivity index (χ0) is 22.8. The highest BCUT2D eigenvalue weighted by Gasteiger charge is 2.18. The van der Waals surface area contributed by atoms with Crippen molar-refractivity contribution in [3.8, 4) is 23.1 Å². The Labute approximate surface area is 190 Å². The second kappa shape index (κ2) is 8.86. The lowest BCUT2D eigenvalue weighted by Crippen LogP contribution is -2.35. The molecule has 162 valence electrons. The highest BCUT2D eigenvalue weighted by molar-refractivity contribution is 7.10. The van der Waals surface area contributed by atoms with E-state index >= 15 is 0 Å². The van der Waals surface area contributed by atoms with Gasteiger partial charge >= 0.3 is 0 Å². The predicted octanol–water partition coefficient (Wildman–Crippen LogP) is 3.05. The third kappa shape index (κ3) is 4.37. The molecule has 1 atom stereocenters. The maximum atomic E-state index is 12.5. The van der Waals surface area contributed by atoms with Gasteiger partial charge < -0.3 is 10.6 Å². The molecule has 1 amide bonds. The molecule has 0 aromatic carbocycles. The van der Waals surface area contributed by atoms with Crippen molar-refractivity contribution in [2.24, 2.45) is 7.05 Å². The van der Waals surface area contributed by atoms with E-state index in [0.717, 1.165) is 27.2 Å². The first-order valence-electron chi connectivity index (χ1n) is 10.1. The van der Waals surface area contributed by atoms with Gasteiger partial charge in [-0.1, -0.05) is 6.07 Å². The summed E-state index contributed by atoms with van der Waals surface area (Å²) >= 11 is 1.56. The maximum absolute atomic E-state index is 12.5. The molecule has 0 aliphatic rings. The molecule has 0 saturated carbocycles. The molecule has 2 N–H and O–H groups in total. The molecular formula is C23H23N7OS. The number of aryl methyl sites for hydroxylation is 3. The summed E-state index contributed by atoms with van der Waals surface area (Å²) in [4.78, 5) is 27.2. The van der Waals surface area contributed by atoms with Crippen molar-refractivity contribution in [1.29, 1.82) is 0 Å². The van der Waals surface area contributed by atoms with Gasteiger partial charge in [-0.05, 0) is 63.2 Å². The SMILES string of the molecule is CNC(C)C(=O)Nc1cc(-c2nc(C)nc3nn(C)c(C)c23)cc(C#Cc2cccs2)n1. The Bertz CT molecular complexity index is 1360. The third-order valence-corrected chi connectivity index (χ3v) is 5.89. The van der Waals surface area contributed by atoms with E-state index in [4.69, 9.17) is 4.98 Å². The molecule has 0 fully saturated rings. The number of nitrogens with zero attached hydrogens (tertiary/aromatic N) is 5. The van der Waals surface area contributed by atoms with Crippen molar-refractivity contribution in [2.45, 2.75) is 26.8 Å². The summed E-state index contributed by atoms with van der Waals surface area (Å²) in [5.41, 5.74) is 3.64. The van der Waals surface area contributed by atoms with Gasteiger partial charge in [0.2, 0.25) is 5.91 Å². The summed E-state index contributed by atoms with van der Waals surface area (Å²) in [6.45, 7) is 5.60. The van der Waals surface area contributed by atoms with Crippen LogP contribution in [0.3, 0.4) is 0 Å². The summed E-state index contributed by atoms with van der Waals surface area (Å²) in [5, 5.41) is 13.2. The lowest BCUT2D eigenvalue weighted by atomic mass is 10.1. The minimum absolute atomic E-state index is 0.184. The van der Waals surface area contributed by atoms with E-state index in [0.29, 0.717) is 23.0 Å². The van der Waals surface area contributed by atoms with Gasteiger partial charge in [0.05, 0.1) is 22.0 Å². The third-order valence-electron chi connectivity index (χ3n) is 5.10. The number of carbonyl (C=O) groups is 1. The van der Waals surface area contributed by atoms with E-state index in [2.05, 4.69) is 37.5 Å².